The van der Waals surface area contributed by atoms with E-state index >= 15 is 0 Å². The quantitative estimate of drug-likeness (QED) is 0.253. The molecule has 7 nitrogen and oxygen atoms in total. The number of aliphatic imine (C=N–C) groups is 1. The highest BCUT2D eigenvalue weighted by Crippen LogP contribution is 2.16. The maximum absolute atomic E-state index is 13.3. The van der Waals surface area contributed by atoms with Crippen LogP contribution in [0.1, 0.15) is 19.4 Å². The highest BCUT2D eigenvalue weighted by atomic mass is 127. The van der Waals surface area contributed by atoms with Crippen LogP contribution in [0.2, 0.25) is 0 Å². The number of guanidine groups is 1. The molecule has 0 saturated carbocycles. The first kappa shape index (κ1) is 26.1. The average Bonchev–Trinajstić information content (AvgIpc) is 2.62. The highest BCUT2D eigenvalue weighted by molar-refractivity contribution is 14.0. The minimum Gasteiger partial charge on any atom is -0.491 e. The molecule has 166 valence electrons. The van der Waals surface area contributed by atoms with Gasteiger partial charge in [-0.25, -0.2) is 17.9 Å². The Morgan fingerprint density at radius 2 is 1.90 bits per heavy atom. The van der Waals surface area contributed by atoms with E-state index in [1.165, 1.54) is 12.1 Å². The van der Waals surface area contributed by atoms with Gasteiger partial charge in [0.15, 0.2) is 5.96 Å². The lowest BCUT2D eigenvalue weighted by Crippen LogP contribution is -2.33. The molecule has 0 amide bonds. The standard InChI is InChI=1S/C20H27FN4O3S.HI/c1-15(2)28-19-8-6-18(7-9-19)25-20(24-12-13-29(22,26)27)23-11-10-16-4-3-5-17(21)14-16;/h3-9,14-15H,10-13H2,1-2H3,(H2,22,26,27)(H2,23,24,25);1H. The second-order valence-corrected chi connectivity index (χ2v) is 8.45. The molecule has 0 aliphatic heterocycles. The fourth-order valence-corrected chi connectivity index (χ4v) is 2.81. The number of hydrogen-bond acceptors (Lipinski definition) is 4. The molecule has 0 atom stereocenters. The minimum absolute atomic E-state index is 0. The first-order chi connectivity index (χ1) is 13.7. The normalized spacial score (nSPS) is 11.7. The summed E-state index contributed by atoms with van der Waals surface area (Å²) in [5.41, 5.74) is 1.60. The third-order valence-corrected chi connectivity index (χ3v) is 4.48. The number of benzene rings is 2. The van der Waals surface area contributed by atoms with Crippen LogP contribution in [0.25, 0.3) is 0 Å². The van der Waals surface area contributed by atoms with Crippen molar-refractivity contribution in [2.45, 2.75) is 26.4 Å². The van der Waals surface area contributed by atoms with E-state index < -0.39 is 10.0 Å². The number of sulfonamides is 1. The molecule has 10 heteroatoms. The molecule has 0 fully saturated rings. The van der Waals surface area contributed by atoms with Crippen molar-refractivity contribution in [3.8, 4) is 5.75 Å². The summed E-state index contributed by atoms with van der Waals surface area (Å²) in [5.74, 6) is 0.608. The summed E-state index contributed by atoms with van der Waals surface area (Å²) in [5, 5.41) is 11.3. The van der Waals surface area contributed by atoms with Crippen LogP contribution in [0.3, 0.4) is 0 Å². The Labute approximate surface area is 194 Å². The maximum atomic E-state index is 13.3. The molecule has 30 heavy (non-hydrogen) atoms. The van der Waals surface area contributed by atoms with Crippen molar-refractivity contribution in [2.75, 3.05) is 24.2 Å². The second-order valence-electron chi connectivity index (χ2n) is 6.72. The minimum atomic E-state index is -3.60. The lowest BCUT2D eigenvalue weighted by Gasteiger charge is -2.14. The van der Waals surface area contributed by atoms with Crippen LogP contribution in [-0.2, 0) is 16.4 Å². The largest absolute Gasteiger partial charge is 0.491 e. The molecule has 0 aromatic heterocycles. The zero-order chi connectivity index (χ0) is 21.3. The molecule has 2 rings (SSSR count). The van der Waals surface area contributed by atoms with Gasteiger partial charge in [0.05, 0.1) is 18.4 Å². The van der Waals surface area contributed by atoms with Crippen molar-refractivity contribution < 1.29 is 17.5 Å². The van der Waals surface area contributed by atoms with Gasteiger partial charge < -0.3 is 15.4 Å². The van der Waals surface area contributed by atoms with Crippen LogP contribution < -0.4 is 20.5 Å². The number of anilines is 1. The van der Waals surface area contributed by atoms with Crippen LogP contribution >= 0.6 is 24.0 Å². The first-order valence-corrected chi connectivity index (χ1v) is 11.0. The molecular formula is C20H28FIN4O3S. The molecule has 0 heterocycles. The number of primary sulfonamides is 1. The van der Waals surface area contributed by atoms with Crippen LogP contribution in [-0.4, -0.2) is 39.3 Å². The summed E-state index contributed by atoms with van der Waals surface area (Å²) in [6.07, 6.45) is 0.656. The summed E-state index contributed by atoms with van der Waals surface area (Å²) in [6, 6.07) is 13.7. The van der Waals surface area contributed by atoms with Gasteiger partial charge in [-0.1, -0.05) is 12.1 Å². The van der Waals surface area contributed by atoms with E-state index in [0.29, 0.717) is 18.9 Å². The van der Waals surface area contributed by atoms with Gasteiger partial charge in [0, 0.05) is 12.2 Å². The number of ether oxygens (including phenoxy) is 1. The van der Waals surface area contributed by atoms with Crippen LogP contribution in [0, 0.1) is 5.82 Å². The predicted molar refractivity (Wildman–Crippen MR) is 130 cm³/mol. The van der Waals surface area contributed by atoms with E-state index in [-0.39, 0.29) is 48.2 Å². The van der Waals surface area contributed by atoms with Gasteiger partial charge in [-0.05, 0) is 62.2 Å². The molecule has 4 N–H and O–H groups in total. The van der Waals surface area contributed by atoms with Crippen LogP contribution in [0.4, 0.5) is 10.1 Å². The highest BCUT2D eigenvalue weighted by Gasteiger charge is 2.05. The van der Waals surface area contributed by atoms with Crippen molar-refractivity contribution in [1.29, 1.82) is 0 Å². The number of hydrogen-bond donors (Lipinski definition) is 3. The first-order valence-electron chi connectivity index (χ1n) is 9.28. The average molecular weight is 550 g/mol. The summed E-state index contributed by atoms with van der Waals surface area (Å²) in [6.45, 7) is 4.40. The topological polar surface area (TPSA) is 106 Å². The summed E-state index contributed by atoms with van der Waals surface area (Å²) >= 11 is 0. The maximum Gasteiger partial charge on any atom is 0.210 e. The number of nitrogens with one attached hydrogen (secondary N) is 2. The van der Waals surface area contributed by atoms with Gasteiger partial charge >= 0.3 is 0 Å². The summed E-state index contributed by atoms with van der Waals surface area (Å²) in [4.78, 5) is 4.25. The lowest BCUT2D eigenvalue weighted by atomic mass is 10.1. The molecule has 0 radical (unpaired) electrons. The molecule has 0 aliphatic carbocycles. The van der Waals surface area contributed by atoms with E-state index in [9.17, 15) is 12.8 Å². The zero-order valence-electron chi connectivity index (χ0n) is 17.0. The molecule has 0 spiro atoms. The Hall–Kier alpha value is -1.92. The Morgan fingerprint density at radius 3 is 2.50 bits per heavy atom. The predicted octanol–water partition coefficient (Wildman–Crippen LogP) is 3.12. The Kier molecular flexibility index (Phi) is 11.1. The Bertz CT molecular complexity index is 922. The molecule has 0 saturated heterocycles. The van der Waals surface area contributed by atoms with Gasteiger partial charge in [0.2, 0.25) is 10.0 Å². The second kappa shape index (κ2) is 12.7. The molecular weight excluding hydrogens is 522 g/mol. The molecule has 2 aromatic carbocycles. The number of nitrogens with two attached hydrogens (primary N) is 1. The molecule has 2 aromatic rings. The van der Waals surface area contributed by atoms with Gasteiger partial charge in [0.1, 0.15) is 11.6 Å². The summed E-state index contributed by atoms with van der Waals surface area (Å²) in [7, 11) is -3.60. The van der Waals surface area contributed by atoms with E-state index in [1.807, 2.05) is 44.2 Å². The number of nitrogens with zero attached hydrogens (tertiary/aromatic N) is 1. The zero-order valence-corrected chi connectivity index (χ0v) is 20.1. The van der Waals surface area contributed by atoms with Gasteiger partial charge in [-0.3, -0.25) is 4.99 Å². The van der Waals surface area contributed by atoms with Crippen LogP contribution in [0.5, 0.6) is 5.75 Å². The Balaban J connectivity index is 0.00000450. The monoisotopic (exact) mass is 550 g/mol. The summed E-state index contributed by atoms with van der Waals surface area (Å²) < 4.78 is 41.2. The van der Waals surface area contributed by atoms with E-state index in [2.05, 4.69) is 15.6 Å². The SMILES string of the molecule is CC(C)Oc1ccc(NC(=NCCS(N)(=O)=O)NCCc2cccc(F)c2)cc1.I. The third-order valence-electron chi connectivity index (χ3n) is 3.73. The van der Waals surface area contributed by atoms with Crippen molar-refractivity contribution in [2.24, 2.45) is 10.1 Å². The smallest absolute Gasteiger partial charge is 0.210 e. The van der Waals surface area contributed by atoms with E-state index in [0.717, 1.165) is 17.0 Å². The van der Waals surface area contributed by atoms with E-state index in [4.69, 9.17) is 9.88 Å². The molecule has 0 unspecified atom stereocenters. The van der Waals surface area contributed by atoms with Crippen molar-refractivity contribution in [3.05, 3.63) is 59.9 Å². The number of rotatable bonds is 9. The third kappa shape index (κ3) is 10.7. The van der Waals surface area contributed by atoms with E-state index in [1.54, 1.807) is 6.07 Å². The van der Waals surface area contributed by atoms with Gasteiger partial charge in [-0.15, -0.1) is 24.0 Å². The van der Waals surface area contributed by atoms with Crippen LogP contribution in [0.15, 0.2) is 53.5 Å². The molecule has 0 bridgehead atoms. The van der Waals surface area contributed by atoms with Gasteiger partial charge in [-0.2, -0.15) is 0 Å². The van der Waals surface area contributed by atoms with Crippen molar-refractivity contribution in [1.82, 2.24) is 5.32 Å². The van der Waals surface area contributed by atoms with Gasteiger partial charge in [0.25, 0.3) is 0 Å². The fraction of sp³-hybridized carbons (Fsp3) is 0.350. The van der Waals surface area contributed by atoms with Crippen molar-refractivity contribution >= 4 is 45.6 Å². The lowest BCUT2D eigenvalue weighted by molar-refractivity contribution is 0.242. The number of halogens is 2. The Morgan fingerprint density at radius 1 is 1.20 bits per heavy atom. The molecule has 0 aliphatic rings. The van der Waals surface area contributed by atoms with Crippen molar-refractivity contribution in [3.63, 3.8) is 0 Å². The fourth-order valence-electron chi connectivity index (χ4n) is 2.47.